The minimum absolute atomic E-state index is 0.0755. The van der Waals surface area contributed by atoms with Crippen molar-refractivity contribution in [2.45, 2.75) is 25.4 Å². The van der Waals surface area contributed by atoms with E-state index in [1.165, 1.54) is 32.5 Å². The second-order valence-electron chi connectivity index (χ2n) is 6.64. The molecule has 32 heavy (non-hydrogen) atoms. The van der Waals surface area contributed by atoms with Crippen molar-refractivity contribution in [3.63, 3.8) is 0 Å². The van der Waals surface area contributed by atoms with Crippen molar-refractivity contribution in [3.05, 3.63) is 52.7 Å². The normalized spacial score (nSPS) is 12.2. The smallest absolute Gasteiger partial charge is 0.434 e. The number of aromatic nitrogens is 4. The van der Waals surface area contributed by atoms with Crippen LogP contribution in [0.1, 0.15) is 16.8 Å². The van der Waals surface area contributed by atoms with Gasteiger partial charge in [0.05, 0.1) is 19.7 Å². The van der Waals surface area contributed by atoms with Crippen molar-refractivity contribution < 1.29 is 35.8 Å². The minimum Gasteiger partial charge on any atom is -0.490 e. The molecule has 0 aliphatic rings. The van der Waals surface area contributed by atoms with Crippen LogP contribution in [0.25, 0.3) is 11.4 Å². The van der Waals surface area contributed by atoms with Gasteiger partial charge in [-0.25, -0.2) is 9.97 Å². The van der Waals surface area contributed by atoms with Crippen LogP contribution in [0, 0.1) is 0 Å². The molecular formula is C19H15ClF6N4O2. The highest BCUT2D eigenvalue weighted by Gasteiger charge is 2.35. The number of nitrogens with zero attached hydrogens (tertiary/aromatic N) is 4. The molecule has 0 unspecified atom stereocenters. The van der Waals surface area contributed by atoms with Gasteiger partial charge in [-0.15, -0.1) is 0 Å². The summed E-state index contributed by atoms with van der Waals surface area (Å²) in [6.07, 6.45) is -8.57. The maximum atomic E-state index is 13.2. The summed E-state index contributed by atoms with van der Waals surface area (Å²) < 4.78 is 89.9. The molecule has 0 fully saturated rings. The van der Waals surface area contributed by atoms with E-state index in [2.05, 4.69) is 15.0 Å². The van der Waals surface area contributed by atoms with Crippen molar-refractivity contribution in [2.24, 2.45) is 7.05 Å². The van der Waals surface area contributed by atoms with E-state index in [0.717, 1.165) is 16.8 Å². The first-order valence-electron chi connectivity index (χ1n) is 8.86. The molecule has 0 spiro atoms. The topological polar surface area (TPSA) is 62.1 Å². The van der Waals surface area contributed by atoms with Crippen LogP contribution in [0.2, 0.25) is 5.28 Å². The fourth-order valence-corrected chi connectivity index (χ4v) is 3.01. The average Bonchev–Trinajstić information content (AvgIpc) is 3.08. The lowest BCUT2D eigenvalue weighted by Crippen LogP contribution is -2.14. The van der Waals surface area contributed by atoms with Crippen LogP contribution < -0.4 is 9.47 Å². The Labute approximate surface area is 182 Å². The molecule has 2 heterocycles. The Balaban J connectivity index is 1.96. The van der Waals surface area contributed by atoms with Gasteiger partial charge in [0, 0.05) is 18.8 Å². The molecule has 1 aromatic carbocycles. The third-order valence-corrected chi connectivity index (χ3v) is 4.48. The molecule has 0 aliphatic carbocycles. The fraction of sp³-hybridized carbons (Fsp3) is 0.316. The minimum atomic E-state index is -4.68. The Hall–Kier alpha value is -3.02. The zero-order valence-electron chi connectivity index (χ0n) is 16.6. The lowest BCUT2D eigenvalue weighted by molar-refractivity contribution is -0.141. The Bertz CT molecular complexity index is 1110. The first-order valence-corrected chi connectivity index (χ1v) is 9.24. The number of hydrogen-bond donors (Lipinski definition) is 0. The Kier molecular flexibility index (Phi) is 6.54. The third-order valence-electron chi connectivity index (χ3n) is 4.30. The van der Waals surface area contributed by atoms with E-state index < -0.39 is 24.5 Å². The van der Waals surface area contributed by atoms with E-state index in [0.29, 0.717) is 0 Å². The molecular weight excluding hydrogens is 466 g/mol. The quantitative estimate of drug-likeness (QED) is 0.356. The van der Waals surface area contributed by atoms with Gasteiger partial charge in [0.1, 0.15) is 12.4 Å². The number of imidazole rings is 1. The Morgan fingerprint density at radius 3 is 2.38 bits per heavy atom. The second kappa shape index (κ2) is 8.85. The standard InChI is InChI=1S/C19H15ClF6N4O2/c1-30-8-14(19(24,25)26)28-15(30)10-3-4-11(12(5-10)6-18(21,22)23)9-32-16-13(31-2)7-27-17(20)29-16/h3-5,7-8H,6,9H2,1-2H3. The largest absolute Gasteiger partial charge is 0.490 e. The first-order chi connectivity index (χ1) is 14.9. The zero-order valence-corrected chi connectivity index (χ0v) is 17.3. The molecule has 6 nitrogen and oxygen atoms in total. The van der Waals surface area contributed by atoms with Gasteiger partial charge in [-0.05, 0) is 28.8 Å². The summed E-state index contributed by atoms with van der Waals surface area (Å²) in [4.78, 5) is 11.1. The molecule has 13 heteroatoms. The molecule has 0 atom stereocenters. The highest BCUT2D eigenvalue weighted by atomic mass is 35.5. The number of alkyl halides is 6. The predicted octanol–water partition coefficient (Wildman–Crippen LogP) is 5.24. The van der Waals surface area contributed by atoms with E-state index in [1.807, 2.05) is 0 Å². The van der Waals surface area contributed by atoms with Gasteiger partial charge in [-0.2, -0.15) is 31.3 Å². The predicted molar refractivity (Wildman–Crippen MR) is 101 cm³/mol. The molecule has 0 bridgehead atoms. The molecule has 0 saturated heterocycles. The van der Waals surface area contributed by atoms with Gasteiger partial charge in [-0.3, -0.25) is 0 Å². The van der Waals surface area contributed by atoms with E-state index in [9.17, 15) is 26.3 Å². The van der Waals surface area contributed by atoms with Gasteiger partial charge >= 0.3 is 12.4 Å². The monoisotopic (exact) mass is 480 g/mol. The summed E-state index contributed by atoms with van der Waals surface area (Å²) in [5.74, 6) is -0.0815. The van der Waals surface area contributed by atoms with Crippen LogP contribution in [0.5, 0.6) is 11.6 Å². The summed E-state index contributed by atoms with van der Waals surface area (Å²) in [7, 11) is 2.65. The van der Waals surface area contributed by atoms with Crippen LogP contribution in [0.15, 0.2) is 30.6 Å². The van der Waals surface area contributed by atoms with Crippen LogP contribution in [0.3, 0.4) is 0 Å². The number of methoxy groups -OCH3 is 1. The third kappa shape index (κ3) is 5.61. The molecule has 0 radical (unpaired) electrons. The lowest BCUT2D eigenvalue weighted by Gasteiger charge is -2.15. The number of benzene rings is 1. The van der Waals surface area contributed by atoms with Gasteiger partial charge in [0.2, 0.25) is 5.28 Å². The van der Waals surface area contributed by atoms with Crippen molar-refractivity contribution in [1.82, 2.24) is 19.5 Å². The Morgan fingerprint density at radius 2 is 1.78 bits per heavy atom. The number of ether oxygens (including phenoxy) is 2. The van der Waals surface area contributed by atoms with Crippen molar-refractivity contribution >= 4 is 11.6 Å². The summed E-state index contributed by atoms with van der Waals surface area (Å²) in [6.45, 7) is -0.330. The first kappa shape index (κ1) is 23.6. The van der Waals surface area contributed by atoms with Crippen molar-refractivity contribution in [2.75, 3.05) is 7.11 Å². The zero-order chi connectivity index (χ0) is 23.7. The number of halogens is 7. The van der Waals surface area contributed by atoms with Crippen molar-refractivity contribution in [1.29, 1.82) is 0 Å². The highest BCUT2D eigenvalue weighted by molar-refractivity contribution is 6.28. The number of rotatable bonds is 6. The van der Waals surface area contributed by atoms with Gasteiger partial charge < -0.3 is 14.0 Å². The number of aryl methyl sites for hydroxylation is 1. The molecule has 3 rings (SSSR count). The fourth-order valence-electron chi connectivity index (χ4n) is 2.88. The van der Waals surface area contributed by atoms with E-state index >= 15 is 0 Å². The van der Waals surface area contributed by atoms with Crippen molar-refractivity contribution in [3.8, 4) is 23.0 Å². The summed E-state index contributed by atoms with van der Waals surface area (Å²) >= 11 is 5.72. The molecule has 172 valence electrons. The van der Waals surface area contributed by atoms with Crippen LogP contribution >= 0.6 is 11.6 Å². The summed E-state index contributed by atoms with van der Waals surface area (Å²) in [5.41, 5.74) is -1.10. The maximum Gasteiger partial charge on any atom is 0.434 e. The second-order valence-corrected chi connectivity index (χ2v) is 6.97. The molecule has 3 aromatic rings. The van der Waals surface area contributed by atoms with Crippen LogP contribution in [0.4, 0.5) is 26.3 Å². The van der Waals surface area contributed by atoms with Gasteiger partial charge in [0.15, 0.2) is 11.4 Å². The molecule has 0 saturated carbocycles. The van der Waals surface area contributed by atoms with E-state index in [1.54, 1.807) is 0 Å². The molecule has 2 aromatic heterocycles. The maximum absolute atomic E-state index is 13.2. The summed E-state index contributed by atoms with van der Waals surface area (Å²) in [5, 5.41) is -0.151. The molecule has 0 amide bonds. The van der Waals surface area contributed by atoms with Gasteiger partial charge in [0.25, 0.3) is 5.88 Å². The van der Waals surface area contributed by atoms with Gasteiger partial charge in [-0.1, -0.05) is 12.1 Å². The highest BCUT2D eigenvalue weighted by Crippen LogP contribution is 2.33. The molecule has 0 aliphatic heterocycles. The lowest BCUT2D eigenvalue weighted by atomic mass is 10.0. The van der Waals surface area contributed by atoms with Crippen LogP contribution in [-0.4, -0.2) is 32.8 Å². The molecule has 0 N–H and O–H groups in total. The average molecular weight is 481 g/mol. The van der Waals surface area contributed by atoms with Crippen LogP contribution in [-0.2, 0) is 26.3 Å². The summed E-state index contributed by atoms with van der Waals surface area (Å²) in [6, 6.07) is 3.83. The van der Waals surface area contributed by atoms with E-state index in [4.69, 9.17) is 21.1 Å². The van der Waals surface area contributed by atoms with E-state index in [-0.39, 0.29) is 46.0 Å². The Morgan fingerprint density at radius 1 is 1.06 bits per heavy atom. The number of hydrogen-bond acceptors (Lipinski definition) is 5. The SMILES string of the molecule is COc1cnc(Cl)nc1OCc1ccc(-c2nc(C(F)(F)F)cn2C)cc1CC(F)(F)F.